The van der Waals surface area contributed by atoms with Gasteiger partial charge in [0.15, 0.2) is 11.5 Å². The summed E-state index contributed by atoms with van der Waals surface area (Å²) < 4.78 is 15.9. The molecule has 0 saturated carbocycles. The van der Waals surface area contributed by atoms with Crippen LogP contribution in [0.2, 0.25) is 0 Å². The van der Waals surface area contributed by atoms with E-state index in [-0.39, 0.29) is 17.1 Å². The van der Waals surface area contributed by atoms with Gasteiger partial charge in [0.1, 0.15) is 0 Å². The van der Waals surface area contributed by atoms with Crippen LogP contribution in [-0.2, 0) is 14.3 Å². The third-order valence-corrected chi connectivity index (χ3v) is 4.60. The molecule has 0 bridgehead atoms. The molecular formula is C23H23NO5. The van der Waals surface area contributed by atoms with Crippen LogP contribution in [0.3, 0.4) is 0 Å². The first-order valence-electron chi connectivity index (χ1n) is 9.23. The van der Waals surface area contributed by atoms with Crippen LogP contribution in [0.15, 0.2) is 65.4 Å². The molecule has 0 unspecified atom stereocenters. The van der Waals surface area contributed by atoms with Crippen molar-refractivity contribution in [2.75, 3.05) is 25.7 Å². The topological polar surface area (TPSA) is 65.1 Å². The van der Waals surface area contributed by atoms with Gasteiger partial charge in [-0.2, -0.15) is 0 Å². The lowest BCUT2D eigenvalue weighted by Crippen LogP contribution is -2.24. The van der Waals surface area contributed by atoms with Gasteiger partial charge in [0, 0.05) is 11.4 Å². The lowest BCUT2D eigenvalue weighted by Gasteiger charge is -2.17. The quantitative estimate of drug-likeness (QED) is 0.549. The van der Waals surface area contributed by atoms with Crippen molar-refractivity contribution in [3.63, 3.8) is 0 Å². The molecule has 6 nitrogen and oxygen atoms in total. The Morgan fingerprint density at radius 3 is 2.41 bits per heavy atom. The average molecular weight is 393 g/mol. The lowest BCUT2D eigenvalue weighted by molar-refractivity contribution is -0.136. The summed E-state index contributed by atoms with van der Waals surface area (Å²) in [7, 11) is 2.85. The van der Waals surface area contributed by atoms with E-state index in [0.717, 1.165) is 0 Å². The van der Waals surface area contributed by atoms with Crippen molar-refractivity contribution in [1.29, 1.82) is 0 Å². The number of hydrogen-bond donors (Lipinski definition) is 0. The predicted octanol–water partition coefficient (Wildman–Crippen LogP) is 3.97. The van der Waals surface area contributed by atoms with Crippen molar-refractivity contribution in [3.8, 4) is 11.5 Å². The summed E-state index contributed by atoms with van der Waals surface area (Å²) in [5, 5.41) is 0. The smallest absolute Gasteiger partial charge is 0.340 e. The fourth-order valence-electron chi connectivity index (χ4n) is 3.28. The van der Waals surface area contributed by atoms with E-state index in [1.54, 1.807) is 32.2 Å². The van der Waals surface area contributed by atoms with Crippen LogP contribution >= 0.6 is 0 Å². The molecule has 0 saturated heterocycles. The van der Waals surface area contributed by atoms with Crippen LogP contribution in [0.4, 0.5) is 5.69 Å². The maximum atomic E-state index is 13.2. The first-order chi connectivity index (χ1) is 14.0. The summed E-state index contributed by atoms with van der Waals surface area (Å²) in [4.78, 5) is 27.2. The second kappa shape index (κ2) is 8.65. The maximum absolute atomic E-state index is 13.2. The number of anilines is 1. The minimum absolute atomic E-state index is 0.245. The fraction of sp³-hybridized carbons (Fsp3) is 0.217. The summed E-state index contributed by atoms with van der Waals surface area (Å²) >= 11 is 0. The van der Waals surface area contributed by atoms with Crippen LogP contribution in [-0.4, -0.2) is 32.7 Å². The molecule has 0 fully saturated rings. The van der Waals surface area contributed by atoms with Crippen LogP contribution < -0.4 is 14.4 Å². The number of benzene rings is 2. The molecule has 2 aromatic carbocycles. The monoisotopic (exact) mass is 393 g/mol. The standard InChI is InChI=1S/C23H23NO5/c1-5-29-19-12-11-16(14-20(19)27-3)13-18-21(23(26)28-4)15(2)24(22(18)25)17-9-7-6-8-10-17/h6-14H,5H2,1-4H3/b18-13-. The van der Waals surface area contributed by atoms with E-state index in [2.05, 4.69) is 0 Å². The molecule has 2 aromatic rings. The largest absolute Gasteiger partial charge is 0.493 e. The summed E-state index contributed by atoms with van der Waals surface area (Å²) in [6.07, 6.45) is 1.67. The number of allylic oxidation sites excluding steroid dienone is 1. The van der Waals surface area contributed by atoms with Crippen LogP contribution in [0.1, 0.15) is 19.4 Å². The summed E-state index contributed by atoms with van der Waals surface area (Å²) in [5.41, 5.74) is 2.43. The second-order valence-electron chi connectivity index (χ2n) is 6.33. The Labute approximate surface area is 170 Å². The van der Waals surface area contributed by atoms with Gasteiger partial charge in [-0.1, -0.05) is 24.3 Å². The number of nitrogens with zero attached hydrogens (tertiary/aromatic N) is 1. The average Bonchev–Trinajstić information content (AvgIpc) is 2.98. The Morgan fingerprint density at radius 2 is 1.79 bits per heavy atom. The van der Waals surface area contributed by atoms with E-state index in [1.165, 1.54) is 12.0 Å². The molecule has 6 heteroatoms. The van der Waals surface area contributed by atoms with Gasteiger partial charge < -0.3 is 14.2 Å². The molecule has 1 aliphatic rings. The third kappa shape index (κ3) is 3.87. The highest BCUT2D eigenvalue weighted by Gasteiger charge is 2.37. The van der Waals surface area contributed by atoms with E-state index in [0.29, 0.717) is 35.1 Å². The summed E-state index contributed by atoms with van der Waals surface area (Å²) in [5.74, 6) is 0.313. The van der Waals surface area contributed by atoms with Crippen molar-refractivity contribution in [2.45, 2.75) is 13.8 Å². The van der Waals surface area contributed by atoms with Crippen molar-refractivity contribution in [3.05, 3.63) is 70.9 Å². The molecule has 0 spiro atoms. The van der Waals surface area contributed by atoms with Crippen LogP contribution in [0.5, 0.6) is 11.5 Å². The van der Waals surface area contributed by atoms with E-state index in [9.17, 15) is 9.59 Å². The SMILES string of the molecule is CCOc1ccc(/C=C2\C(=O)N(c3ccccc3)C(C)=C2C(=O)OC)cc1OC. The molecular weight excluding hydrogens is 370 g/mol. The van der Waals surface area contributed by atoms with Crippen molar-refractivity contribution < 1.29 is 23.8 Å². The molecule has 0 atom stereocenters. The number of esters is 1. The van der Waals surface area contributed by atoms with Gasteiger partial charge >= 0.3 is 5.97 Å². The first kappa shape index (κ1) is 20.2. The van der Waals surface area contributed by atoms with E-state index < -0.39 is 5.97 Å². The number of methoxy groups -OCH3 is 2. The Morgan fingerprint density at radius 1 is 1.07 bits per heavy atom. The molecule has 3 rings (SSSR count). The number of amides is 1. The Hall–Kier alpha value is -3.54. The molecule has 0 aliphatic carbocycles. The van der Waals surface area contributed by atoms with Gasteiger partial charge in [-0.3, -0.25) is 9.69 Å². The lowest BCUT2D eigenvalue weighted by atomic mass is 10.0. The Balaban J connectivity index is 2.10. The van der Waals surface area contributed by atoms with Gasteiger partial charge in [-0.15, -0.1) is 0 Å². The molecule has 0 N–H and O–H groups in total. The normalized spacial score (nSPS) is 15.1. The minimum Gasteiger partial charge on any atom is -0.493 e. The number of carbonyl (C=O) groups excluding carboxylic acids is 2. The van der Waals surface area contributed by atoms with Crippen LogP contribution in [0, 0.1) is 0 Å². The zero-order chi connectivity index (χ0) is 21.0. The highest BCUT2D eigenvalue weighted by atomic mass is 16.5. The number of rotatable bonds is 6. The number of carbonyl (C=O) groups is 2. The van der Waals surface area contributed by atoms with Gasteiger partial charge in [0.2, 0.25) is 0 Å². The molecule has 1 amide bonds. The number of ether oxygens (including phenoxy) is 3. The Kier molecular flexibility index (Phi) is 6.02. The maximum Gasteiger partial charge on any atom is 0.340 e. The number of para-hydroxylation sites is 1. The van der Waals surface area contributed by atoms with E-state index >= 15 is 0 Å². The molecule has 0 aromatic heterocycles. The van der Waals surface area contributed by atoms with Gasteiger partial charge in [0.05, 0.1) is 32.0 Å². The van der Waals surface area contributed by atoms with Crippen molar-refractivity contribution in [1.82, 2.24) is 0 Å². The van der Waals surface area contributed by atoms with E-state index in [1.807, 2.05) is 43.3 Å². The summed E-state index contributed by atoms with van der Waals surface area (Å²) in [6.45, 7) is 4.13. The highest BCUT2D eigenvalue weighted by molar-refractivity contribution is 6.23. The predicted molar refractivity (Wildman–Crippen MR) is 111 cm³/mol. The third-order valence-electron chi connectivity index (χ3n) is 4.60. The Bertz CT molecular complexity index is 992. The van der Waals surface area contributed by atoms with Crippen LogP contribution in [0.25, 0.3) is 6.08 Å². The van der Waals surface area contributed by atoms with Gasteiger partial charge in [0.25, 0.3) is 5.91 Å². The second-order valence-corrected chi connectivity index (χ2v) is 6.33. The molecule has 29 heavy (non-hydrogen) atoms. The number of hydrogen-bond acceptors (Lipinski definition) is 5. The van der Waals surface area contributed by atoms with E-state index in [4.69, 9.17) is 14.2 Å². The van der Waals surface area contributed by atoms with Gasteiger partial charge in [-0.25, -0.2) is 4.79 Å². The molecule has 1 aliphatic heterocycles. The van der Waals surface area contributed by atoms with Crippen molar-refractivity contribution in [2.24, 2.45) is 0 Å². The van der Waals surface area contributed by atoms with Gasteiger partial charge in [-0.05, 0) is 49.8 Å². The first-order valence-corrected chi connectivity index (χ1v) is 9.23. The summed E-state index contributed by atoms with van der Waals surface area (Å²) in [6, 6.07) is 14.5. The zero-order valence-corrected chi connectivity index (χ0v) is 16.9. The van der Waals surface area contributed by atoms with Crippen molar-refractivity contribution >= 4 is 23.6 Å². The molecule has 1 heterocycles. The minimum atomic E-state index is -0.557. The zero-order valence-electron chi connectivity index (χ0n) is 16.9. The fourth-order valence-corrected chi connectivity index (χ4v) is 3.28. The molecule has 150 valence electrons. The molecule has 0 radical (unpaired) electrons. The highest BCUT2D eigenvalue weighted by Crippen LogP contribution is 2.36.